The van der Waals surface area contributed by atoms with E-state index in [-0.39, 0.29) is 34.5 Å². The van der Waals surface area contributed by atoms with Gasteiger partial charge in [0.15, 0.2) is 5.78 Å². The second kappa shape index (κ2) is 8.61. The molecule has 2 aliphatic rings. The number of carbonyl (C=O) groups is 3. The molecule has 8 nitrogen and oxygen atoms in total. The SMILES string of the molecule is CCC1(CC)CC(C)(C)c2c([nH]c3ccc(C(=O)NC4CCN(C(=O)c5cnn(C)c5)C4)cc23)C1=O. The Bertz CT molecular complexity index is 1360. The van der Waals surface area contributed by atoms with Gasteiger partial charge in [-0.25, -0.2) is 0 Å². The number of rotatable bonds is 5. The van der Waals surface area contributed by atoms with Crippen LogP contribution in [0.3, 0.4) is 0 Å². The molecular weight excluding hydrogens is 454 g/mol. The summed E-state index contributed by atoms with van der Waals surface area (Å²) in [6.45, 7) is 9.66. The summed E-state index contributed by atoms with van der Waals surface area (Å²) < 4.78 is 1.61. The highest BCUT2D eigenvalue weighted by Crippen LogP contribution is 2.51. The number of hydrogen-bond donors (Lipinski definition) is 2. The van der Waals surface area contributed by atoms with Crippen molar-refractivity contribution < 1.29 is 14.4 Å². The van der Waals surface area contributed by atoms with Crippen LogP contribution in [0.4, 0.5) is 0 Å². The lowest BCUT2D eigenvalue weighted by atomic mass is 9.59. The van der Waals surface area contributed by atoms with E-state index in [1.807, 2.05) is 12.1 Å². The van der Waals surface area contributed by atoms with E-state index < -0.39 is 0 Å². The van der Waals surface area contributed by atoms with Gasteiger partial charge in [-0.1, -0.05) is 27.7 Å². The number of benzene rings is 1. The lowest BCUT2D eigenvalue weighted by Crippen LogP contribution is -2.42. The van der Waals surface area contributed by atoms with Gasteiger partial charge in [0, 0.05) is 54.3 Å². The molecule has 8 heteroatoms. The predicted octanol–water partition coefficient (Wildman–Crippen LogP) is 4.22. The maximum atomic E-state index is 13.5. The van der Waals surface area contributed by atoms with E-state index in [9.17, 15) is 14.4 Å². The first-order chi connectivity index (χ1) is 17.1. The van der Waals surface area contributed by atoms with Crippen molar-refractivity contribution in [2.45, 2.75) is 64.8 Å². The van der Waals surface area contributed by atoms with Crippen LogP contribution >= 0.6 is 0 Å². The summed E-state index contributed by atoms with van der Waals surface area (Å²) >= 11 is 0. The van der Waals surface area contributed by atoms with Crippen molar-refractivity contribution in [3.63, 3.8) is 0 Å². The van der Waals surface area contributed by atoms with E-state index >= 15 is 0 Å². The molecule has 1 aromatic carbocycles. The monoisotopic (exact) mass is 489 g/mol. The molecule has 36 heavy (non-hydrogen) atoms. The van der Waals surface area contributed by atoms with Gasteiger partial charge in [0.25, 0.3) is 11.8 Å². The Morgan fingerprint density at radius 3 is 2.61 bits per heavy atom. The van der Waals surface area contributed by atoms with Gasteiger partial charge >= 0.3 is 0 Å². The zero-order chi connectivity index (χ0) is 25.8. The normalized spacial score (nSPS) is 20.5. The van der Waals surface area contributed by atoms with Crippen LogP contribution < -0.4 is 5.32 Å². The molecule has 0 bridgehead atoms. The van der Waals surface area contributed by atoms with Crippen molar-refractivity contribution in [2.75, 3.05) is 13.1 Å². The van der Waals surface area contributed by atoms with Gasteiger partial charge in [-0.15, -0.1) is 0 Å². The maximum absolute atomic E-state index is 13.5. The second-order valence-electron chi connectivity index (χ2n) is 11.1. The second-order valence-corrected chi connectivity index (χ2v) is 11.1. The minimum atomic E-state index is -0.348. The Hall–Kier alpha value is -3.42. The number of aryl methyl sites for hydroxylation is 1. The highest BCUT2D eigenvalue weighted by Gasteiger charge is 2.48. The quantitative estimate of drug-likeness (QED) is 0.561. The molecule has 1 unspecified atom stereocenters. The van der Waals surface area contributed by atoms with Crippen LogP contribution in [0.25, 0.3) is 10.9 Å². The molecule has 1 aliphatic carbocycles. The number of nitrogens with zero attached hydrogens (tertiary/aromatic N) is 3. The molecule has 0 spiro atoms. The molecule has 3 aromatic rings. The number of ketones is 1. The summed E-state index contributed by atoms with van der Waals surface area (Å²) in [7, 11) is 1.78. The highest BCUT2D eigenvalue weighted by atomic mass is 16.2. The van der Waals surface area contributed by atoms with Gasteiger partial charge in [0.1, 0.15) is 0 Å². The molecule has 5 rings (SSSR count). The van der Waals surface area contributed by atoms with Gasteiger partial charge in [-0.3, -0.25) is 19.1 Å². The Morgan fingerprint density at radius 2 is 1.94 bits per heavy atom. The third kappa shape index (κ3) is 3.83. The number of amides is 2. The molecular formula is C28H35N5O3. The molecule has 1 aliphatic heterocycles. The molecule has 2 N–H and O–H groups in total. The summed E-state index contributed by atoms with van der Waals surface area (Å²) in [5.74, 6) is -0.0420. The molecule has 0 saturated carbocycles. The fourth-order valence-corrected chi connectivity index (χ4v) is 6.35. The van der Waals surface area contributed by atoms with Crippen molar-refractivity contribution in [1.29, 1.82) is 0 Å². The average molecular weight is 490 g/mol. The number of fused-ring (bicyclic) bond motifs is 3. The number of nitrogens with one attached hydrogen (secondary N) is 2. The number of aromatic amines is 1. The van der Waals surface area contributed by atoms with E-state index in [0.717, 1.165) is 35.7 Å². The minimum absolute atomic E-state index is 0.0673. The minimum Gasteiger partial charge on any atom is -0.352 e. The molecule has 2 aromatic heterocycles. The summed E-state index contributed by atoms with van der Waals surface area (Å²) in [5.41, 5.74) is 3.18. The van der Waals surface area contributed by atoms with Crippen LogP contribution in [0.5, 0.6) is 0 Å². The standard InChI is InChI=1S/C28H35N5O3/c1-6-28(7-2)16-27(3,4)22-20-12-17(8-9-21(20)31-23(22)24(28)34)25(35)30-19-10-11-33(15-19)26(36)18-13-29-32(5)14-18/h8-9,12-14,19,31H,6-7,10-11,15-16H2,1-5H3,(H,30,35). The van der Waals surface area contributed by atoms with Crippen LogP contribution in [-0.2, 0) is 12.5 Å². The summed E-state index contributed by atoms with van der Waals surface area (Å²) in [6, 6.07) is 5.50. The lowest BCUT2D eigenvalue weighted by Gasteiger charge is -2.43. The molecule has 0 radical (unpaired) electrons. The first-order valence-electron chi connectivity index (χ1n) is 12.9. The number of hydrogen-bond acceptors (Lipinski definition) is 4. The highest BCUT2D eigenvalue weighted by molar-refractivity contribution is 6.08. The third-order valence-electron chi connectivity index (χ3n) is 8.34. The van der Waals surface area contributed by atoms with Gasteiger partial charge in [-0.05, 0) is 54.9 Å². The predicted molar refractivity (Wildman–Crippen MR) is 138 cm³/mol. The van der Waals surface area contributed by atoms with Crippen LogP contribution in [0, 0.1) is 5.41 Å². The van der Waals surface area contributed by atoms with Gasteiger partial charge < -0.3 is 15.2 Å². The van der Waals surface area contributed by atoms with E-state index in [1.54, 1.807) is 35.1 Å². The molecule has 190 valence electrons. The Morgan fingerprint density at radius 1 is 1.19 bits per heavy atom. The van der Waals surface area contributed by atoms with Gasteiger partial charge in [-0.2, -0.15) is 5.10 Å². The Labute approximate surface area is 211 Å². The first kappa shape index (κ1) is 24.3. The van der Waals surface area contributed by atoms with Gasteiger partial charge in [0.2, 0.25) is 0 Å². The van der Waals surface area contributed by atoms with Crippen LogP contribution in [0.15, 0.2) is 30.6 Å². The lowest BCUT2D eigenvalue weighted by molar-refractivity contribution is 0.0670. The Kier molecular flexibility index (Phi) is 5.80. The third-order valence-corrected chi connectivity index (χ3v) is 8.34. The smallest absolute Gasteiger partial charge is 0.257 e. The van der Waals surface area contributed by atoms with E-state index in [1.165, 1.54) is 0 Å². The van der Waals surface area contributed by atoms with Crippen molar-refractivity contribution in [1.82, 2.24) is 25.0 Å². The fourth-order valence-electron chi connectivity index (χ4n) is 6.35. The molecule has 2 amide bonds. The number of likely N-dealkylation sites (tertiary alicyclic amines) is 1. The number of H-pyrrole nitrogens is 1. The molecule has 3 heterocycles. The van der Waals surface area contributed by atoms with Crippen molar-refractivity contribution >= 4 is 28.5 Å². The van der Waals surface area contributed by atoms with Crippen LogP contribution in [-0.4, -0.2) is 56.4 Å². The van der Waals surface area contributed by atoms with Crippen molar-refractivity contribution in [3.8, 4) is 0 Å². The largest absolute Gasteiger partial charge is 0.352 e. The molecule has 1 fully saturated rings. The Balaban J connectivity index is 1.37. The zero-order valence-corrected chi connectivity index (χ0v) is 21.8. The number of Topliss-reactive ketones (excluding diaryl/α,β-unsaturated/α-hetero) is 1. The van der Waals surface area contributed by atoms with Crippen molar-refractivity contribution in [3.05, 3.63) is 53.0 Å². The fraction of sp³-hybridized carbons (Fsp3) is 0.500. The first-order valence-corrected chi connectivity index (χ1v) is 12.9. The summed E-state index contributed by atoms with van der Waals surface area (Å²) in [4.78, 5) is 44.6. The zero-order valence-electron chi connectivity index (χ0n) is 21.8. The van der Waals surface area contributed by atoms with E-state index in [4.69, 9.17) is 0 Å². The summed E-state index contributed by atoms with van der Waals surface area (Å²) in [6.07, 6.45) is 6.41. The molecule has 1 saturated heterocycles. The van der Waals surface area contributed by atoms with Crippen molar-refractivity contribution in [2.24, 2.45) is 12.5 Å². The topological polar surface area (TPSA) is 100 Å². The van der Waals surface area contributed by atoms with E-state index in [2.05, 4.69) is 43.1 Å². The molecule has 1 atom stereocenters. The average Bonchev–Trinajstić information content (AvgIpc) is 3.59. The summed E-state index contributed by atoms with van der Waals surface area (Å²) in [5, 5.41) is 8.12. The number of aromatic nitrogens is 3. The number of carbonyl (C=O) groups excluding carboxylic acids is 3. The van der Waals surface area contributed by atoms with Gasteiger partial charge in [0.05, 0.1) is 17.5 Å². The maximum Gasteiger partial charge on any atom is 0.257 e. The van der Waals surface area contributed by atoms with E-state index in [0.29, 0.717) is 36.3 Å². The van der Waals surface area contributed by atoms with Crippen LogP contribution in [0.2, 0.25) is 0 Å². The van der Waals surface area contributed by atoms with Crippen LogP contribution in [0.1, 0.15) is 90.1 Å².